The minimum Gasteiger partial charge on any atom is -0.314 e. The number of pyridine rings is 1. The lowest BCUT2D eigenvalue weighted by atomic mass is 9.95. The van der Waals surface area contributed by atoms with Crippen LogP contribution in [0.3, 0.4) is 0 Å². The van der Waals surface area contributed by atoms with Gasteiger partial charge in [-0.15, -0.1) is 11.8 Å². The maximum absolute atomic E-state index is 6.06. The van der Waals surface area contributed by atoms with Gasteiger partial charge in [-0.05, 0) is 37.9 Å². The van der Waals surface area contributed by atoms with Crippen molar-refractivity contribution in [3.05, 3.63) is 23.4 Å². The molecule has 0 aliphatic heterocycles. The van der Waals surface area contributed by atoms with Gasteiger partial charge in [-0.2, -0.15) is 0 Å². The molecule has 0 amide bonds. The van der Waals surface area contributed by atoms with E-state index in [1.807, 2.05) is 12.1 Å². The van der Waals surface area contributed by atoms with Crippen molar-refractivity contribution in [3.63, 3.8) is 0 Å². The van der Waals surface area contributed by atoms with Crippen LogP contribution in [0.5, 0.6) is 0 Å². The zero-order chi connectivity index (χ0) is 12.6. The van der Waals surface area contributed by atoms with Crippen LogP contribution in [0.15, 0.2) is 23.4 Å². The molecule has 1 aromatic rings. The lowest BCUT2D eigenvalue weighted by Gasteiger charge is -2.22. The quantitative estimate of drug-likeness (QED) is 0.628. The molecule has 4 heteroatoms. The van der Waals surface area contributed by atoms with Gasteiger partial charge < -0.3 is 5.32 Å². The largest absolute Gasteiger partial charge is 0.314 e. The van der Waals surface area contributed by atoms with E-state index in [0.29, 0.717) is 0 Å². The van der Waals surface area contributed by atoms with E-state index >= 15 is 0 Å². The second-order valence-corrected chi connectivity index (χ2v) is 6.27. The fourth-order valence-corrected chi connectivity index (χ4v) is 3.44. The fourth-order valence-electron chi connectivity index (χ4n) is 2.33. The lowest BCUT2D eigenvalue weighted by Crippen LogP contribution is -2.31. The minimum atomic E-state index is 0.766. The summed E-state index contributed by atoms with van der Waals surface area (Å²) in [6.45, 7) is 1.11. The third-order valence-corrected chi connectivity index (χ3v) is 4.83. The zero-order valence-corrected chi connectivity index (χ0v) is 12.3. The van der Waals surface area contributed by atoms with Gasteiger partial charge in [-0.3, -0.25) is 0 Å². The van der Waals surface area contributed by atoms with Crippen molar-refractivity contribution in [2.75, 3.05) is 12.3 Å². The van der Waals surface area contributed by atoms with E-state index in [9.17, 15) is 0 Å². The Hall–Kier alpha value is -0.250. The highest BCUT2D eigenvalue weighted by Gasteiger charge is 2.11. The molecule has 18 heavy (non-hydrogen) atoms. The number of halogens is 1. The molecule has 1 N–H and O–H groups in total. The molecule has 1 saturated carbocycles. The van der Waals surface area contributed by atoms with Gasteiger partial charge in [0.05, 0.1) is 5.02 Å². The van der Waals surface area contributed by atoms with Crippen LogP contribution in [0.2, 0.25) is 5.02 Å². The average molecular weight is 285 g/mol. The predicted octanol–water partition coefficient (Wildman–Crippen LogP) is 4.14. The number of nitrogens with one attached hydrogen (secondary N) is 1. The summed E-state index contributed by atoms with van der Waals surface area (Å²) in [7, 11) is 0. The van der Waals surface area contributed by atoms with Crippen molar-refractivity contribution in [2.24, 2.45) is 0 Å². The number of rotatable bonds is 6. The minimum absolute atomic E-state index is 0.766. The van der Waals surface area contributed by atoms with E-state index in [2.05, 4.69) is 10.3 Å². The molecule has 1 aliphatic rings. The van der Waals surface area contributed by atoms with E-state index in [1.54, 1.807) is 18.0 Å². The van der Waals surface area contributed by atoms with Crippen molar-refractivity contribution < 1.29 is 0 Å². The van der Waals surface area contributed by atoms with Crippen molar-refractivity contribution in [2.45, 2.75) is 49.6 Å². The number of hydrogen-bond donors (Lipinski definition) is 1. The Kier molecular flexibility index (Phi) is 6.32. The zero-order valence-electron chi connectivity index (χ0n) is 10.7. The highest BCUT2D eigenvalue weighted by atomic mass is 35.5. The second kappa shape index (κ2) is 8.03. The van der Waals surface area contributed by atoms with Crippen LogP contribution in [0.25, 0.3) is 0 Å². The first-order valence-corrected chi connectivity index (χ1v) is 8.19. The Morgan fingerprint density at radius 2 is 2.17 bits per heavy atom. The Morgan fingerprint density at radius 1 is 1.33 bits per heavy atom. The normalized spacial score (nSPS) is 16.9. The fraction of sp³-hybridized carbons (Fsp3) is 0.643. The van der Waals surface area contributed by atoms with Gasteiger partial charge in [-0.1, -0.05) is 30.9 Å². The molecule has 0 radical (unpaired) electrons. The summed E-state index contributed by atoms with van der Waals surface area (Å²) in [5.74, 6) is 1.08. The van der Waals surface area contributed by atoms with Crippen LogP contribution >= 0.6 is 23.4 Å². The van der Waals surface area contributed by atoms with Crippen LogP contribution < -0.4 is 5.32 Å². The number of hydrogen-bond acceptors (Lipinski definition) is 3. The number of thioether (sulfide) groups is 1. The van der Waals surface area contributed by atoms with Gasteiger partial charge in [0, 0.05) is 18.0 Å². The summed E-state index contributed by atoms with van der Waals surface area (Å²) in [5.41, 5.74) is 0. The van der Waals surface area contributed by atoms with E-state index in [0.717, 1.165) is 28.4 Å². The molecule has 2 nitrogen and oxygen atoms in total. The van der Waals surface area contributed by atoms with Gasteiger partial charge in [0.2, 0.25) is 0 Å². The Balaban J connectivity index is 1.57. The highest BCUT2D eigenvalue weighted by molar-refractivity contribution is 7.99. The number of nitrogens with zero attached hydrogens (tertiary/aromatic N) is 1. The van der Waals surface area contributed by atoms with E-state index in [4.69, 9.17) is 11.6 Å². The number of aromatic nitrogens is 1. The van der Waals surface area contributed by atoms with E-state index in [-0.39, 0.29) is 0 Å². The van der Waals surface area contributed by atoms with Crippen LogP contribution in [0.4, 0.5) is 0 Å². The van der Waals surface area contributed by atoms with Gasteiger partial charge in [0.15, 0.2) is 0 Å². The van der Waals surface area contributed by atoms with Gasteiger partial charge in [-0.25, -0.2) is 4.98 Å². The summed E-state index contributed by atoms with van der Waals surface area (Å²) in [5, 5.41) is 5.38. The molecule has 100 valence electrons. The maximum Gasteiger partial charge on any atom is 0.115 e. The third-order valence-electron chi connectivity index (χ3n) is 3.32. The van der Waals surface area contributed by atoms with E-state index < -0.39 is 0 Å². The first kappa shape index (κ1) is 14.2. The lowest BCUT2D eigenvalue weighted by molar-refractivity contribution is 0.375. The molecule has 1 heterocycles. The van der Waals surface area contributed by atoms with Crippen LogP contribution in [0, 0.1) is 0 Å². The molecular formula is C14H21ClN2S. The summed E-state index contributed by atoms with van der Waals surface area (Å²) in [4.78, 5) is 4.28. The molecule has 2 rings (SSSR count). The summed E-state index contributed by atoms with van der Waals surface area (Å²) >= 11 is 7.81. The van der Waals surface area contributed by atoms with Crippen LogP contribution in [-0.2, 0) is 0 Å². The molecule has 1 aromatic heterocycles. The molecule has 0 spiro atoms. The second-order valence-electron chi connectivity index (χ2n) is 4.78. The molecule has 1 fully saturated rings. The topological polar surface area (TPSA) is 24.9 Å². The molecular weight excluding hydrogens is 264 g/mol. The molecule has 0 bridgehead atoms. The van der Waals surface area contributed by atoms with Crippen molar-refractivity contribution >= 4 is 23.4 Å². The molecule has 0 saturated heterocycles. The van der Waals surface area contributed by atoms with Crippen molar-refractivity contribution in [1.29, 1.82) is 0 Å². The van der Waals surface area contributed by atoms with Crippen molar-refractivity contribution in [3.8, 4) is 0 Å². The smallest absolute Gasteiger partial charge is 0.115 e. The van der Waals surface area contributed by atoms with Crippen LogP contribution in [-0.4, -0.2) is 23.3 Å². The first-order chi connectivity index (χ1) is 8.86. The highest BCUT2D eigenvalue weighted by Crippen LogP contribution is 2.24. The van der Waals surface area contributed by atoms with Crippen LogP contribution in [0.1, 0.15) is 38.5 Å². The van der Waals surface area contributed by atoms with E-state index in [1.165, 1.54) is 38.5 Å². The monoisotopic (exact) mass is 284 g/mol. The maximum atomic E-state index is 6.06. The summed E-state index contributed by atoms with van der Waals surface area (Å²) < 4.78 is 0. The summed E-state index contributed by atoms with van der Waals surface area (Å²) in [6.07, 6.45) is 9.92. The Bertz CT molecular complexity index is 353. The van der Waals surface area contributed by atoms with Crippen molar-refractivity contribution in [1.82, 2.24) is 10.3 Å². The average Bonchev–Trinajstić information content (AvgIpc) is 2.42. The summed E-state index contributed by atoms with van der Waals surface area (Å²) in [6, 6.07) is 4.54. The first-order valence-electron chi connectivity index (χ1n) is 6.83. The third kappa shape index (κ3) is 4.79. The standard InChI is InChI=1S/C14H21ClN2S/c15-13-8-4-9-17-14(13)18-11-5-10-16-12-6-2-1-3-7-12/h4,8-9,12,16H,1-3,5-7,10-11H2. The van der Waals surface area contributed by atoms with Gasteiger partial charge in [0.25, 0.3) is 0 Å². The SMILES string of the molecule is Clc1cccnc1SCCCNC1CCCCC1. The molecule has 0 atom stereocenters. The Labute approximate surface area is 119 Å². The Morgan fingerprint density at radius 3 is 2.94 bits per heavy atom. The van der Waals surface area contributed by atoms with Gasteiger partial charge in [0.1, 0.15) is 5.03 Å². The van der Waals surface area contributed by atoms with Gasteiger partial charge >= 0.3 is 0 Å². The predicted molar refractivity (Wildman–Crippen MR) is 79.5 cm³/mol. The molecule has 1 aliphatic carbocycles. The molecule has 0 aromatic carbocycles. The molecule has 0 unspecified atom stereocenters.